The van der Waals surface area contributed by atoms with E-state index in [1.54, 1.807) is 6.26 Å². The van der Waals surface area contributed by atoms with E-state index in [1.165, 1.54) is 32.1 Å². The highest BCUT2D eigenvalue weighted by Gasteiger charge is 2.24. The predicted molar refractivity (Wildman–Crippen MR) is 141 cm³/mol. The topological polar surface area (TPSA) is 65.8 Å². The SMILES string of the molecule is CCCCN(Cc1ccco1)c1ccc(NC(=O)CCC2CCCC2)cc1C(=O)N1CCCCC1. The summed E-state index contributed by atoms with van der Waals surface area (Å²) < 4.78 is 5.63. The predicted octanol–water partition coefficient (Wildman–Crippen LogP) is 6.62. The summed E-state index contributed by atoms with van der Waals surface area (Å²) in [6.45, 7) is 5.22. The molecule has 2 aromatic rings. The highest BCUT2D eigenvalue weighted by Crippen LogP contribution is 2.30. The molecule has 0 atom stereocenters. The summed E-state index contributed by atoms with van der Waals surface area (Å²) in [4.78, 5) is 30.6. The number of hydrogen-bond acceptors (Lipinski definition) is 4. The number of unbranched alkanes of at least 4 members (excludes halogenated alkanes) is 1. The van der Waals surface area contributed by atoms with E-state index in [4.69, 9.17) is 4.42 Å². The summed E-state index contributed by atoms with van der Waals surface area (Å²) >= 11 is 0. The van der Waals surface area contributed by atoms with Crippen molar-refractivity contribution in [1.29, 1.82) is 0 Å². The molecule has 1 aliphatic heterocycles. The van der Waals surface area contributed by atoms with Crippen LogP contribution >= 0.6 is 0 Å². The van der Waals surface area contributed by atoms with Crippen LogP contribution in [-0.2, 0) is 11.3 Å². The van der Waals surface area contributed by atoms with Crippen molar-refractivity contribution in [3.63, 3.8) is 0 Å². The van der Waals surface area contributed by atoms with Gasteiger partial charge in [0.1, 0.15) is 5.76 Å². The third-order valence-corrected chi connectivity index (χ3v) is 7.46. The number of nitrogens with one attached hydrogen (secondary N) is 1. The fourth-order valence-electron chi connectivity index (χ4n) is 5.41. The van der Waals surface area contributed by atoms with Gasteiger partial charge in [-0.3, -0.25) is 9.59 Å². The molecule has 2 amide bonds. The van der Waals surface area contributed by atoms with E-state index in [-0.39, 0.29) is 11.8 Å². The van der Waals surface area contributed by atoms with Gasteiger partial charge in [0.15, 0.2) is 0 Å². The summed E-state index contributed by atoms with van der Waals surface area (Å²) in [5, 5.41) is 3.07. The molecule has 0 unspecified atom stereocenters. The highest BCUT2D eigenvalue weighted by atomic mass is 16.3. The van der Waals surface area contributed by atoms with Gasteiger partial charge in [-0.05, 0) is 68.4 Å². The first-order valence-corrected chi connectivity index (χ1v) is 13.6. The van der Waals surface area contributed by atoms with Crippen LogP contribution in [0.1, 0.15) is 93.7 Å². The second-order valence-corrected chi connectivity index (χ2v) is 10.2. The van der Waals surface area contributed by atoms with Crippen molar-refractivity contribution in [3.05, 3.63) is 47.9 Å². The van der Waals surface area contributed by atoms with Gasteiger partial charge in [-0.2, -0.15) is 0 Å². The summed E-state index contributed by atoms with van der Waals surface area (Å²) in [7, 11) is 0. The molecule has 1 aromatic carbocycles. The van der Waals surface area contributed by atoms with Gasteiger partial charge in [0.25, 0.3) is 5.91 Å². The van der Waals surface area contributed by atoms with Crippen LogP contribution in [0, 0.1) is 5.92 Å². The van der Waals surface area contributed by atoms with E-state index in [0.29, 0.717) is 30.1 Å². The smallest absolute Gasteiger partial charge is 0.256 e. The molecular formula is C29H41N3O3. The number of anilines is 2. The van der Waals surface area contributed by atoms with Gasteiger partial charge in [-0.15, -0.1) is 0 Å². The fourth-order valence-corrected chi connectivity index (χ4v) is 5.41. The van der Waals surface area contributed by atoms with Crippen LogP contribution in [-0.4, -0.2) is 36.3 Å². The number of likely N-dealkylation sites (tertiary alicyclic amines) is 1. The van der Waals surface area contributed by atoms with E-state index in [1.807, 2.05) is 35.2 Å². The van der Waals surface area contributed by atoms with E-state index < -0.39 is 0 Å². The van der Waals surface area contributed by atoms with Crippen LogP contribution in [0.3, 0.4) is 0 Å². The van der Waals surface area contributed by atoms with E-state index in [9.17, 15) is 9.59 Å². The second-order valence-electron chi connectivity index (χ2n) is 10.2. The molecule has 2 heterocycles. The third-order valence-electron chi connectivity index (χ3n) is 7.46. The maximum Gasteiger partial charge on any atom is 0.256 e. The van der Waals surface area contributed by atoms with Gasteiger partial charge in [0.05, 0.1) is 24.1 Å². The zero-order valence-electron chi connectivity index (χ0n) is 21.3. The lowest BCUT2D eigenvalue weighted by Gasteiger charge is -2.31. The highest BCUT2D eigenvalue weighted by molar-refractivity contribution is 6.02. The van der Waals surface area contributed by atoms with Crippen molar-refractivity contribution in [3.8, 4) is 0 Å². The van der Waals surface area contributed by atoms with Crippen LogP contribution in [0.4, 0.5) is 11.4 Å². The summed E-state index contributed by atoms with van der Waals surface area (Å²) in [6, 6.07) is 9.71. The fraction of sp³-hybridized carbons (Fsp3) is 0.586. The zero-order valence-corrected chi connectivity index (χ0v) is 21.3. The van der Waals surface area contributed by atoms with Crippen LogP contribution in [0.2, 0.25) is 0 Å². The zero-order chi connectivity index (χ0) is 24.5. The number of benzene rings is 1. The standard InChI is InChI=1S/C29H41N3O3/c1-2-3-17-32(22-25-12-9-20-35-25)27-15-14-24(30-28(33)16-13-23-10-5-6-11-23)21-26(27)29(34)31-18-7-4-8-19-31/h9,12,14-15,20-21,23H,2-8,10-11,13,16-19,22H2,1H3,(H,30,33). The Hall–Kier alpha value is -2.76. The van der Waals surface area contributed by atoms with Gasteiger partial charge < -0.3 is 19.5 Å². The number of furan rings is 1. The van der Waals surface area contributed by atoms with Crippen molar-refractivity contribution >= 4 is 23.2 Å². The number of piperidine rings is 1. The Balaban J connectivity index is 1.55. The number of carbonyl (C=O) groups is 2. The van der Waals surface area contributed by atoms with Gasteiger partial charge in [0.2, 0.25) is 5.91 Å². The minimum atomic E-state index is 0.0412. The summed E-state index contributed by atoms with van der Waals surface area (Å²) in [5.74, 6) is 1.66. The van der Waals surface area contributed by atoms with Crippen molar-refractivity contribution in [1.82, 2.24) is 4.90 Å². The average Bonchev–Trinajstić information content (AvgIpc) is 3.60. The molecule has 1 N–H and O–H groups in total. The number of carbonyl (C=O) groups excluding carboxylic acids is 2. The molecule has 0 radical (unpaired) electrons. The lowest BCUT2D eigenvalue weighted by atomic mass is 10.0. The summed E-state index contributed by atoms with van der Waals surface area (Å²) in [5.41, 5.74) is 2.29. The van der Waals surface area contributed by atoms with E-state index in [2.05, 4.69) is 17.1 Å². The van der Waals surface area contributed by atoms with Crippen molar-refractivity contribution in [2.75, 3.05) is 29.9 Å². The van der Waals surface area contributed by atoms with Gasteiger partial charge in [0, 0.05) is 31.7 Å². The van der Waals surface area contributed by atoms with Crippen LogP contribution < -0.4 is 10.2 Å². The average molecular weight is 480 g/mol. The lowest BCUT2D eigenvalue weighted by Crippen LogP contribution is -2.37. The first-order valence-electron chi connectivity index (χ1n) is 13.6. The van der Waals surface area contributed by atoms with Crippen molar-refractivity contribution < 1.29 is 14.0 Å². The molecular weight excluding hydrogens is 438 g/mol. The number of hydrogen-bond donors (Lipinski definition) is 1. The largest absolute Gasteiger partial charge is 0.467 e. The Morgan fingerprint density at radius 2 is 1.89 bits per heavy atom. The minimum absolute atomic E-state index is 0.0412. The molecule has 6 heteroatoms. The summed E-state index contributed by atoms with van der Waals surface area (Å²) in [6.07, 6.45) is 13.6. The first-order chi connectivity index (χ1) is 17.1. The Bertz CT molecular complexity index is 944. The number of nitrogens with zero attached hydrogens (tertiary/aromatic N) is 2. The molecule has 1 aliphatic carbocycles. The molecule has 190 valence electrons. The Kier molecular flexibility index (Phi) is 9.27. The molecule has 6 nitrogen and oxygen atoms in total. The first kappa shape index (κ1) is 25.3. The Morgan fingerprint density at radius 3 is 2.60 bits per heavy atom. The van der Waals surface area contributed by atoms with E-state index >= 15 is 0 Å². The molecule has 0 spiro atoms. The molecule has 35 heavy (non-hydrogen) atoms. The van der Waals surface area contributed by atoms with E-state index in [0.717, 1.165) is 63.2 Å². The normalized spacial score (nSPS) is 16.4. The lowest BCUT2D eigenvalue weighted by molar-refractivity contribution is -0.116. The Morgan fingerprint density at radius 1 is 1.09 bits per heavy atom. The van der Waals surface area contributed by atoms with Crippen molar-refractivity contribution in [2.24, 2.45) is 5.92 Å². The molecule has 4 rings (SSSR count). The van der Waals surface area contributed by atoms with Gasteiger partial charge >= 0.3 is 0 Å². The minimum Gasteiger partial charge on any atom is -0.467 e. The maximum atomic E-state index is 13.7. The molecule has 2 aliphatic rings. The maximum absolute atomic E-state index is 13.7. The van der Waals surface area contributed by atoms with Crippen LogP contribution in [0.5, 0.6) is 0 Å². The number of rotatable bonds is 11. The molecule has 1 aromatic heterocycles. The monoisotopic (exact) mass is 479 g/mol. The third kappa shape index (κ3) is 7.12. The number of amides is 2. The Labute approximate surface area is 210 Å². The molecule has 2 fully saturated rings. The van der Waals surface area contributed by atoms with Gasteiger partial charge in [-0.25, -0.2) is 0 Å². The van der Waals surface area contributed by atoms with Gasteiger partial charge in [-0.1, -0.05) is 39.0 Å². The van der Waals surface area contributed by atoms with Crippen LogP contribution in [0.15, 0.2) is 41.0 Å². The van der Waals surface area contributed by atoms with Crippen molar-refractivity contribution in [2.45, 2.75) is 84.1 Å². The molecule has 1 saturated heterocycles. The molecule has 1 saturated carbocycles. The van der Waals surface area contributed by atoms with Crippen LogP contribution in [0.25, 0.3) is 0 Å². The molecule has 0 bridgehead atoms. The second kappa shape index (κ2) is 12.8. The quantitative estimate of drug-likeness (QED) is 0.393.